The van der Waals surface area contributed by atoms with Crippen LogP contribution in [0.1, 0.15) is 23.9 Å². The molecule has 1 aromatic carbocycles. The van der Waals surface area contributed by atoms with Gasteiger partial charge in [-0.2, -0.15) is 0 Å². The van der Waals surface area contributed by atoms with E-state index in [0.29, 0.717) is 25.3 Å². The Labute approximate surface area is 190 Å². The lowest BCUT2D eigenvalue weighted by atomic mass is 10.2. The predicted octanol–water partition coefficient (Wildman–Crippen LogP) is 0.468. The second kappa shape index (κ2) is 12.1. The lowest BCUT2D eigenvalue weighted by molar-refractivity contribution is -0.118. The Bertz CT molecular complexity index is 977. The molecule has 12 nitrogen and oxygen atoms in total. The molecular weight excluding hydrogens is 432 g/mol. The maximum absolute atomic E-state index is 12.3. The molecule has 0 bridgehead atoms. The number of carbonyl (C=O) groups excluding carboxylic acids is 3. The van der Waals surface area contributed by atoms with Gasteiger partial charge >= 0.3 is 6.09 Å². The highest BCUT2D eigenvalue weighted by atomic mass is 16.6. The van der Waals surface area contributed by atoms with Crippen molar-refractivity contribution in [1.82, 2.24) is 26.4 Å². The highest BCUT2D eigenvalue weighted by Crippen LogP contribution is 2.12. The minimum atomic E-state index is -0.977. The molecule has 3 rings (SSSR count). The minimum absolute atomic E-state index is 0.0817. The number of ether oxygens (including phenoxy) is 2. The van der Waals surface area contributed by atoms with Crippen LogP contribution in [0.15, 0.2) is 45.9 Å². The van der Waals surface area contributed by atoms with Gasteiger partial charge in [-0.3, -0.25) is 14.6 Å². The number of amides is 2. The fraction of sp³-hybridized carbons (Fsp3) is 0.381. The van der Waals surface area contributed by atoms with Crippen LogP contribution in [-0.2, 0) is 4.79 Å². The molecule has 4 N–H and O–H groups in total. The first-order valence-electron chi connectivity index (χ1n) is 10.4. The molecule has 0 fully saturated rings. The van der Waals surface area contributed by atoms with Crippen LogP contribution in [0.25, 0.3) is 0 Å². The molecule has 2 aromatic rings. The van der Waals surface area contributed by atoms with Crippen molar-refractivity contribution in [2.45, 2.75) is 19.4 Å². The zero-order valence-electron chi connectivity index (χ0n) is 18.1. The molecule has 1 aliphatic rings. The monoisotopic (exact) mass is 458 g/mol. The van der Waals surface area contributed by atoms with Gasteiger partial charge in [-0.05, 0) is 30.6 Å². The van der Waals surface area contributed by atoms with Crippen LogP contribution >= 0.6 is 0 Å². The van der Waals surface area contributed by atoms with Gasteiger partial charge < -0.3 is 35.3 Å². The Morgan fingerprint density at radius 2 is 2.06 bits per heavy atom. The first-order valence-corrected chi connectivity index (χ1v) is 10.4. The summed E-state index contributed by atoms with van der Waals surface area (Å²) in [5.74, 6) is 0.242. The topological polar surface area (TPSA) is 156 Å². The lowest BCUT2D eigenvalue weighted by Gasteiger charge is -2.16. The number of hydrogen-bond donors (Lipinski definition) is 4. The summed E-state index contributed by atoms with van der Waals surface area (Å²) in [7, 11) is 0. The number of para-hydroxylation sites is 1. The Morgan fingerprint density at radius 1 is 1.24 bits per heavy atom. The number of carbonyl (C=O) groups is 3. The van der Waals surface area contributed by atoms with Crippen molar-refractivity contribution in [2.24, 2.45) is 4.99 Å². The zero-order chi connectivity index (χ0) is 23.5. The Morgan fingerprint density at radius 3 is 2.79 bits per heavy atom. The molecule has 33 heavy (non-hydrogen) atoms. The Balaban J connectivity index is 1.38. The molecule has 2 heterocycles. The lowest BCUT2D eigenvalue weighted by Crippen LogP contribution is -2.48. The highest BCUT2D eigenvalue weighted by Gasteiger charge is 2.21. The third-order valence-electron chi connectivity index (χ3n) is 4.45. The van der Waals surface area contributed by atoms with Gasteiger partial charge in [0.2, 0.25) is 5.76 Å². The molecule has 176 valence electrons. The molecular formula is C21H26N6O6. The number of aromatic nitrogens is 1. The van der Waals surface area contributed by atoms with Crippen molar-refractivity contribution in [3.63, 3.8) is 0 Å². The Kier molecular flexibility index (Phi) is 8.63. The predicted molar refractivity (Wildman–Crippen MR) is 117 cm³/mol. The molecule has 1 aliphatic heterocycles. The number of rotatable bonds is 11. The van der Waals surface area contributed by atoms with E-state index in [1.165, 1.54) is 13.0 Å². The van der Waals surface area contributed by atoms with E-state index in [2.05, 4.69) is 31.4 Å². The standard InChI is InChI=1S/C21H26N6O6/c1-14(28)16(26-21(30)32-15-6-3-2-4-7-15)13-25-19(29)17-12-18(27-33-17)31-11-5-8-22-20-23-9-10-24-20/h2-4,6-7,12,16H,5,8-11,13H2,1H3,(H,25,29)(H,26,30)(H2,22,23,24). The molecule has 1 unspecified atom stereocenters. The van der Waals surface area contributed by atoms with Crippen LogP contribution in [0.2, 0.25) is 0 Å². The van der Waals surface area contributed by atoms with E-state index in [0.717, 1.165) is 19.0 Å². The quantitative estimate of drug-likeness (QED) is 0.351. The molecule has 2 amide bonds. The van der Waals surface area contributed by atoms with Gasteiger partial charge in [-0.25, -0.2) is 4.79 Å². The molecule has 1 atom stereocenters. The van der Waals surface area contributed by atoms with Crippen LogP contribution in [0.4, 0.5) is 4.79 Å². The number of guanidine groups is 1. The number of ketones is 1. The molecule has 1 aromatic heterocycles. The fourth-order valence-corrected chi connectivity index (χ4v) is 2.75. The second-order valence-electron chi connectivity index (χ2n) is 7.04. The third-order valence-corrected chi connectivity index (χ3v) is 4.45. The largest absolute Gasteiger partial charge is 0.475 e. The SMILES string of the molecule is CC(=O)C(CNC(=O)c1cc(OCCCNC2=NCCN2)no1)NC(=O)Oc1ccccc1. The maximum atomic E-state index is 12.3. The van der Waals surface area contributed by atoms with Crippen molar-refractivity contribution in [3.8, 4) is 11.6 Å². The summed E-state index contributed by atoms with van der Waals surface area (Å²) in [4.78, 5) is 40.4. The van der Waals surface area contributed by atoms with E-state index in [4.69, 9.17) is 14.0 Å². The number of aliphatic imine (C=N–C) groups is 1. The van der Waals surface area contributed by atoms with Crippen molar-refractivity contribution in [1.29, 1.82) is 0 Å². The van der Waals surface area contributed by atoms with Gasteiger partial charge in [-0.1, -0.05) is 18.2 Å². The van der Waals surface area contributed by atoms with Gasteiger partial charge in [0.1, 0.15) is 11.8 Å². The fourth-order valence-electron chi connectivity index (χ4n) is 2.75. The number of nitrogens with one attached hydrogen (secondary N) is 4. The van der Waals surface area contributed by atoms with Crippen LogP contribution in [0.5, 0.6) is 11.6 Å². The maximum Gasteiger partial charge on any atom is 0.413 e. The zero-order valence-corrected chi connectivity index (χ0v) is 18.1. The molecule has 0 spiro atoms. The van der Waals surface area contributed by atoms with E-state index in [1.54, 1.807) is 30.3 Å². The molecule has 12 heteroatoms. The van der Waals surface area contributed by atoms with Gasteiger partial charge in [-0.15, -0.1) is 0 Å². The Hall–Kier alpha value is -4.09. The highest BCUT2D eigenvalue weighted by molar-refractivity contribution is 5.92. The normalized spacial score (nSPS) is 13.3. The van der Waals surface area contributed by atoms with Crippen LogP contribution in [0, 0.1) is 0 Å². The molecule has 0 radical (unpaired) electrons. The van der Waals surface area contributed by atoms with E-state index < -0.39 is 18.0 Å². The van der Waals surface area contributed by atoms with E-state index in [9.17, 15) is 14.4 Å². The number of hydrogen-bond acceptors (Lipinski definition) is 10. The summed E-state index contributed by atoms with van der Waals surface area (Å²) in [5, 5.41) is 14.9. The van der Waals surface area contributed by atoms with Gasteiger partial charge in [0.25, 0.3) is 11.8 Å². The first-order chi connectivity index (χ1) is 16.0. The van der Waals surface area contributed by atoms with Crippen molar-refractivity contribution >= 4 is 23.7 Å². The summed E-state index contributed by atoms with van der Waals surface area (Å²) in [5.41, 5.74) is 0. The second-order valence-corrected chi connectivity index (χ2v) is 7.04. The number of Topliss-reactive ketones (excluding diaryl/α,β-unsaturated/α-hetero) is 1. The summed E-state index contributed by atoms with van der Waals surface area (Å²) >= 11 is 0. The molecule has 0 saturated heterocycles. The summed E-state index contributed by atoms with van der Waals surface area (Å²) in [6.45, 7) is 3.78. The van der Waals surface area contributed by atoms with Crippen molar-refractivity contribution in [3.05, 3.63) is 42.2 Å². The number of nitrogens with zero attached hydrogens (tertiary/aromatic N) is 2. The van der Waals surface area contributed by atoms with Gasteiger partial charge in [0.05, 0.1) is 19.2 Å². The van der Waals surface area contributed by atoms with Gasteiger partial charge in [0.15, 0.2) is 11.7 Å². The smallest absolute Gasteiger partial charge is 0.413 e. The first kappa shape index (κ1) is 23.6. The number of benzene rings is 1. The molecule has 0 aliphatic carbocycles. The summed E-state index contributed by atoms with van der Waals surface area (Å²) < 4.78 is 15.5. The molecule has 0 saturated carbocycles. The average molecular weight is 458 g/mol. The van der Waals surface area contributed by atoms with Crippen LogP contribution < -0.4 is 30.7 Å². The average Bonchev–Trinajstić information content (AvgIpc) is 3.49. The van der Waals surface area contributed by atoms with Crippen LogP contribution in [0.3, 0.4) is 0 Å². The summed E-state index contributed by atoms with van der Waals surface area (Å²) in [6.07, 6.45) is -0.114. The van der Waals surface area contributed by atoms with E-state index in [1.807, 2.05) is 0 Å². The van der Waals surface area contributed by atoms with Crippen molar-refractivity contribution < 1.29 is 28.4 Å². The minimum Gasteiger partial charge on any atom is -0.475 e. The van der Waals surface area contributed by atoms with Gasteiger partial charge in [0, 0.05) is 19.6 Å². The third kappa shape index (κ3) is 7.83. The van der Waals surface area contributed by atoms with E-state index >= 15 is 0 Å². The summed E-state index contributed by atoms with van der Waals surface area (Å²) in [6, 6.07) is 8.78. The van der Waals surface area contributed by atoms with Crippen LogP contribution in [-0.4, -0.2) is 67.7 Å². The van der Waals surface area contributed by atoms with E-state index in [-0.39, 0.29) is 24.0 Å². The van der Waals surface area contributed by atoms with Crippen molar-refractivity contribution in [2.75, 3.05) is 32.8 Å².